The molecule has 1 aromatic carbocycles. The number of carbonyl (C=O) groups is 1. The molecule has 1 aromatic heterocycles. The fraction of sp³-hybridized carbons (Fsp3) is 0.235. The van der Waals surface area contributed by atoms with Gasteiger partial charge in [0, 0.05) is 29.5 Å². The number of carbonyl (C=O) groups excluding carboxylic acids is 1. The Bertz CT molecular complexity index is 1080. The minimum absolute atomic E-state index is 0.00535. The molecule has 2 heterocycles. The van der Waals surface area contributed by atoms with E-state index >= 15 is 0 Å². The molecule has 0 aliphatic carbocycles. The third-order valence-corrected chi connectivity index (χ3v) is 6.57. The van der Waals surface area contributed by atoms with Gasteiger partial charge in [0.05, 0.1) is 11.3 Å². The standard InChI is InChI=1S/C17H17ClFN5O3S/c1-17(9-28(26,27)24(2)16(20)23-17)12-8-11(3-4-13(12)19)22-15(25)14-7-10(18)5-6-21-14/h3-8H,9H2,1-2H3,(H2,20,23)(H,22,25)/t17-/m0/s1. The van der Waals surface area contributed by atoms with Crippen LogP contribution in [0.2, 0.25) is 5.02 Å². The van der Waals surface area contributed by atoms with E-state index in [0.29, 0.717) is 5.02 Å². The van der Waals surface area contributed by atoms with Gasteiger partial charge < -0.3 is 10.6 Å². The maximum atomic E-state index is 14.5. The van der Waals surface area contributed by atoms with Crippen molar-refractivity contribution in [3.8, 4) is 0 Å². The molecule has 1 atom stereocenters. The number of amides is 1. The Kier molecular flexibility index (Phi) is 5.02. The third kappa shape index (κ3) is 3.78. The zero-order valence-electron chi connectivity index (χ0n) is 15.0. The van der Waals surface area contributed by atoms with Crippen molar-refractivity contribution in [1.29, 1.82) is 5.41 Å². The summed E-state index contributed by atoms with van der Waals surface area (Å²) < 4.78 is 39.9. The van der Waals surface area contributed by atoms with Crippen LogP contribution in [0.5, 0.6) is 0 Å². The lowest BCUT2D eigenvalue weighted by Crippen LogP contribution is -2.61. The summed E-state index contributed by atoms with van der Waals surface area (Å²) in [6, 6.07) is 6.71. The van der Waals surface area contributed by atoms with Gasteiger partial charge in [-0.1, -0.05) is 11.6 Å². The number of guanidine groups is 1. The van der Waals surface area contributed by atoms with Crippen LogP contribution in [0, 0.1) is 11.2 Å². The van der Waals surface area contributed by atoms with E-state index in [0.717, 1.165) is 10.4 Å². The van der Waals surface area contributed by atoms with Crippen molar-refractivity contribution in [3.05, 3.63) is 58.6 Å². The maximum absolute atomic E-state index is 14.5. The van der Waals surface area contributed by atoms with Crippen LogP contribution in [0.1, 0.15) is 23.0 Å². The van der Waals surface area contributed by atoms with Crippen LogP contribution in [-0.2, 0) is 15.6 Å². The van der Waals surface area contributed by atoms with Gasteiger partial charge in [0.25, 0.3) is 5.91 Å². The molecule has 3 N–H and O–H groups in total. The van der Waals surface area contributed by atoms with Crippen molar-refractivity contribution in [2.75, 3.05) is 18.1 Å². The molecule has 28 heavy (non-hydrogen) atoms. The molecule has 0 spiro atoms. The lowest BCUT2D eigenvalue weighted by molar-refractivity contribution is 0.102. The monoisotopic (exact) mass is 425 g/mol. The molecule has 8 nitrogen and oxygen atoms in total. The number of hydrogen-bond donors (Lipinski definition) is 3. The van der Waals surface area contributed by atoms with Crippen molar-refractivity contribution < 1.29 is 17.6 Å². The van der Waals surface area contributed by atoms with Crippen LogP contribution in [0.4, 0.5) is 10.1 Å². The predicted octanol–water partition coefficient (Wildman–Crippen LogP) is 2.14. The maximum Gasteiger partial charge on any atom is 0.274 e. The highest BCUT2D eigenvalue weighted by molar-refractivity contribution is 7.89. The fourth-order valence-electron chi connectivity index (χ4n) is 2.87. The number of nitrogens with zero attached hydrogens (tertiary/aromatic N) is 2. The van der Waals surface area contributed by atoms with Gasteiger partial charge in [0.2, 0.25) is 16.0 Å². The van der Waals surface area contributed by atoms with Crippen LogP contribution in [0.3, 0.4) is 0 Å². The first kappa shape index (κ1) is 20.0. The molecular formula is C17H17ClFN5O3S. The zero-order chi connectivity index (χ0) is 20.7. The number of rotatable bonds is 3. The zero-order valence-corrected chi connectivity index (χ0v) is 16.5. The van der Waals surface area contributed by atoms with Gasteiger partial charge in [-0.15, -0.1) is 0 Å². The molecule has 0 bridgehead atoms. The SMILES string of the molecule is CN1C(=N)N[C@](C)(c2cc(NC(=O)c3cc(Cl)ccn3)ccc2F)CS1(=O)=O. The molecule has 0 saturated carbocycles. The predicted molar refractivity (Wildman–Crippen MR) is 103 cm³/mol. The highest BCUT2D eigenvalue weighted by atomic mass is 35.5. The molecule has 1 aliphatic rings. The Balaban J connectivity index is 1.94. The van der Waals surface area contributed by atoms with E-state index in [1.165, 1.54) is 44.4 Å². The largest absolute Gasteiger partial charge is 0.345 e. The van der Waals surface area contributed by atoms with Crippen LogP contribution in [-0.4, -0.2) is 42.4 Å². The molecule has 11 heteroatoms. The van der Waals surface area contributed by atoms with Gasteiger partial charge >= 0.3 is 0 Å². The second-order valence-corrected chi connectivity index (χ2v) is 8.97. The Morgan fingerprint density at radius 2 is 2.11 bits per heavy atom. The van der Waals surface area contributed by atoms with E-state index < -0.39 is 33.0 Å². The van der Waals surface area contributed by atoms with Gasteiger partial charge in [-0.25, -0.2) is 17.1 Å². The number of halogens is 2. The fourth-order valence-corrected chi connectivity index (χ4v) is 4.51. The number of aromatic nitrogens is 1. The van der Waals surface area contributed by atoms with Crippen molar-refractivity contribution in [1.82, 2.24) is 14.6 Å². The van der Waals surface area contributed by atoms with Crippen LogP contribution >= 0.6 is 11.6 Å². The van der Waals surface area contributed by atoms with Gasteiger partial charge in [0.15, 0.2) is 0 Å². The van der Waals surface area contributed by atoms with Crippen molar-refractivity contribution in [3.63, 3.8) is 0 Å². The minimum atomic E-state index is -3.80. The average molecular weight is 426 g/mol. The first-order chi connectivity index (χ1) is 13.0. The summed E-state index contributed by atoms with van der Waals surface area (Å²) in [6.45, 7) is 1.48. The van der Waals surface area contributed by atoms with E-state index in [9.17, 15) is 17.6 Å². The summed E-state index contributed by atoms with van der Waals surface area (Å²) in [7, 11) is -2.55. The third-order valence-electron chi connectivity index (χ3n) is 4.37. The van der Waals surface area contributed by atoms with E-state index in [2.05, 4.69) is 15.6 Å². The Morgan fingerprint density at radius 1 is 1.39 bits per heavy atom. The number of pyridine rings is 1. The summed E-state index contributed by atoms with van der Waals surface area (Å²) in [6.07, 6.45) is 1.38. The highest BCUT2D eigenvalue weighted by Crippen LogP contribution is 2.31. The summed E-state index contributed by atoms with van der Waals surface area (Å²) in [5, 5.41) is 13.5. The molecule has 1 aliphatic heterocycles. The van der Waals surface area contributed by atoms with Crippen LogP contribution in [0.15, 0.2) is 36.5 Å². The molecule has 1 saturated heterocycles. The highest BCUT2D eigenvalue weighted by Gasteiger charge is 2.43. The average Bonchev–Trinajstić information content (AvgIpc) is 2.61. The van der Waals surface area contributed by atoms with E-state index in [1.807, 2.05) is 0 Å². The molecule has 148 valence electrons. The summed E-state index contributed by atoms with van der Waals surface area (Å²) in [5.41, 5.74) is -1.06. The second-order valence-electron chi connectivity index (χ2n) is 6.54. The van der Waals surface area contributed by atoms with E-state index in [4.69, 9.17) is 17.0 Å². The van der Waals surface area contributed by atoms with Crippen LogP contribution < -0.4 is 10.6 Å². The van der Waals surface area contributed by atoms with E-state index in [-0.39, 0.29) is 22.9 Å². The van der Waals surface area contributed by atoms with Gasteiger partial charge in [-0.05, 0) is 37.3 Å². The van der Waals surface area contributed by atoms with Gasteiger partial charge in [-0.3, -0.25) is 15.2 Å². The molecule has 1 fully saturated rings. The van der Waals surface area contributed by atoms with Gasteiger partial charge in [0.1, 0.15) is 11.5 Å². The molecule has 3 rings (SSSR count). The number of nitrogens with one attached hydrogen (secondary N) is 3. The molecule has 0 radical (unpaired) electrons. The lowest BCUT2D eigenvalue weighted by atomic mass is 9.93. The summed E-state index contributed by atoms with van der Waals surface area (Å²) >= 11 is 5.85. The number of benzene rings is 1. The number of sulfonamides is 1. The van der Waals surface area contributed by atoms with Crippen LogP contribution in [0.25, 0.3) is 0 Å². The first-order valence-corrected chi connectivity index (χ1v) is 10.1. The molecule has 0 unspecified atom stereocenters. The second kappa shape index (κ2) is 7.02. The first-order valence-electron chi connectivity index (χ1n) is 8.08. The Labute approximate surface area is 166 Å². The molecular weight excluding hydrogens is 409 g/mol. The molecule has 2 aromatic rings. The van der Waals surface area contributed by atoms with Crippen molar-refractivity contribution >= 4 is 39.2 Å². The Hall–Kier alpha value is -2.72. The van der Waals surface area contributed by atoms with Crippen molar-refractivity contribution in [2.24, 2.45) is 0 Å². The lowest BCUT2D eigenvalue weighted by Gasteiger charge is -2.40. The topological polar surface area (TPSA) is 115 Å². The Morgan fingerprint density at radius 3 is 2.75 bits per heavy atom. The van der Waals surface area contributed by atoms with Gasteiger partial charge in [-0.2, -0.15) is 0 Å². The number of anilines is 1. The summed E-state index contributed by atoms with van der Waals surface area (Å²) in [5.74, 6) is -2.04. The summed E-state index contributed by atoms with van der Waals surface area (Å²) in [4.78, 5) is 16.3. The number of hydrogen-bond acceptors (Lipinski definition) is 5. The van der Waals surface area contributed by atoms with Crippen molar-refractivity contribution in [2.45, 2.75) is 12.5 Å². The molecule has 1 amide bonds. The minimum Gasteiger partial charge on any atom is -0.345 e. The quantitative estimate of drug-likeness (QED) is 0.696. The van der Waals surface area contributed by atoms with E-state index in [1.54, 1.807) is 0 Å². The smallest absolute Gasteiger partial charge is 0.274 e. The normalized spacial score (nSPS) is 21.1.